The van der Waals surface area contributed by atoms with Crippen LogP contribution in [0, 0.1) is 13.8 Å². The van der Waals surface area contributed by atoms with Crippen molar-refractivity contribution in [1.29, 1.82) is 0 Å². The summed E-state index contributed by atoms with van der Waals surface area (Å²) in [5, 5.41) is 10.6. The fraction of sp³-hybridized carbons (Fsp3) is 0.579. The standard InChI is InChI=1S/C19H28N2O/c1-15-12-16(2)19-17(6-10-20-7-3-4-8-20)14-21(9-5-11-22)18(19)13-15/h12-14,22H,3-11H2,1-2H3. The van der Waals surface area contributed by atoms with Crippen molar-refractivity contribution < 1.29 is 5.11 Å². The lowest BCUT2D eigenvalue weighted by atomic mass is 10.0. The summed E-state index contributed by atoms with van der Waals surface area (Å²) in [4.78, 5) is 2.58. The Balaban J connectivity index is 1.90. The zero-order valence-electron chi connectivity index (χ0n) is 13.9. The van der Waals surface area contributed by atoms with Crippen molar-refractivity contribution >= 4 is 10.9 Å². The third-order valence-electron chi connectivity index (χ3n) is 4.85. The van der Waals surface area contributed by atoms with Gasteiger partial charge >= 0.3 is 0 Å². The Bertz CT molecular complexity index is 638. The van der Waals surface area contributed by atoms with E-state index < -0.39 is 0 Å². The molecule has 2 heterocycles. The van der Waals surface area contributed by atoms with Crippen molar-refractivity contribution in [1.82, 2.24) is 9.47 Å². The molecule has 3 heteroatoms. The molecule has 1 aromatic carbocycles. The van der Waals surface area contributed by atoms with Crippen molar-refractivity contribution in [3.63, 3.8) is 0 Å². The Morgan fingerprint density at radius 2 is 1.86 bits per heavy atom. The van der Waals surface area contributed by atoms with Crippen LogP contribution in [0.4, 0.5) is 0 Å². The summed E-state index contributed by atoms with van der Waals surface area (Å²) < 4.78 is 2.34. The topological polar surface area (TPSA) is 28.4 Å². The largest absolute Gasteiger partial charge is 0.396 e. The lowest BCUT2D eigenvalue weighted by molar-refractivity contribution is 0.280. The first-order chi connectivity index (χ1) is 10.7. The van der Waals surface area contributed by atoms with Crippen LogP contribution < -0.4 is 0 Å². The van der Waals surface area contributed by atoms with Crippen molar-refractivity contribution in [3.8, 4) is 0 Å². The number of aliphatic hydroxyl groups excluding tert-OH is 1. The quantitative estimate of drug-likeness (QED) is 0.887. The fourth-order valence-corrected chi connectivity index (χ4v) is 3.81. The average Bonchev–Trinajstić information content (AvgIpc) is 3.10. The predicted molar refractivity (Wildman–Crippen MR) is 92.5 cm³/mol. The molecule has 0 radical (unpaired) electrons. The number of aryl methyl sites for hydroxylation is 3. The number of aromatic nitrogens is 1. The third kappa shape index (κ3) is 3.21. The molecule has 0 spiro atoms. The van der Waals surface area contributed by atoms with E-state index in [0.29, 0.717) is 0 Å². The zero-order chi connectivity index (χ0) is 15.5. The molecule has 0 aliphatic carbocycles. The van der Waals surface area contributed by atoms with Gasteiger partial charge in [0.05, 0.1) is 0 Å². The van der Waals surface area contributed by atoms with E-state index in [1.165, 1.54) is 60.1 Å². The van der Waals surface area contributed by atoms with Crippen LogP contribution in [-0.4, -0.2) is 40.8 Å². The van der Waals surface area contributed by atoms with Crippen molar-refractivity contribution in [2.75, 3.05) is 26.2 Å². The minimum Gasteiger partial charge on any atom is -0.396 e. The van der Waals surface area contributed by atoms with Gasteiger partial charge in [0.25, 0.3) is 0 Å². The number of benzene rings is 1. The minimum absolute atomic E-state index is 0.258. The van der Waals surface area contributed by atoms with E-state index in [-0.39, 0.29) is 6.61 Å². The molecule has 3 rings (SSSR count). The molecule has 0 amide bonds. The van der Waals surface area contributed by atoms with Crippen LogP contribution >= 0.6 is 0 Å². The van der Waals surface area contributed by atoms with Gasteiger partial charge in [0.15, 0.2) is 0 Å². The summed E-state index contributed by atoms with van der Waals surface area (Å²) in [5.41, 5.74) is 5.51. The van der Waals surface area contributed by atoms with Crippen LogP contribution in [0.3, 0.4) is 0 Å². The van der Waals surface area contributed by atoms with Gasteiger partial charge < -0.3 is 14.6 Å². The molecule has 3 nitrogen and oxygen atoms in total. The Labute approximate surface area is 133 Å². The molecule has 1 aliphatic heterocycles. The van der Waals surface area contributed by atoms with Gasteiger partial charge in [-0.15, -0.1) is 0 Å². The second-order valence-electron chi connectivity index (χ2n) is 6.70. The molecule has 1 aliphatic rings. The first-order valence-corrected chi connectivity index (χ1v) is 8.61. The lowest BCUT2D eigenvalue weighted by Gasteiger charge is -2.14. The van der Waals surface area contributed by atoms with Gasteiger partial charge in [-0.2, -0.15) is 0 Å². The Morgan fingerprint density at radius 1 is 1.09 bits per heavy atom. The Kier molecular flexibility index (Phi) is 4.84. The number of hydrogen-bond donors (Lipinski definition) is 1. The molecule has 0 bridgehead atoms. The van der Waals surface area contributed by atoms with Gasteiger partial charge in [-0.25, -0.2) is 0 Å². The van der Waals surface area contributed by atoms with Gasteiger partial charge in [-0.3, -0.25) is 0 Å². The molecule has 0 saturated carbocycles. The highest BCUT2D eigenvalue weighted by molar-refractivity contribution is 5.88. The molecule has 0 unspecified atom stereocenters. The molecule has 120 valence electrons. The summed E-state index contributed by atoms with van der Waals surface area (Å²) in [5.74, 6) is 0. The summed E-state index contributed by atoms with van der Waals surface area (Å²) in [7, 11) is 0. The van der Waals surface area contributed by atoms with E-state index in [1.807, 2.05) is 0 Å². The second kappa shape index (κ2) is 6.84. The molecule has 22 heavy (non-hydrogen) atoms. The van der Waals surface area contributed by atoms with E-state index in [9.17, 15) is 0 Å². The summed E-state index contributed by atoms with van der Waals surface area (Å²) in [6, 6.07) is 4.58. The summed E-state index contributed by atoms with van der Waals surface area (Å²) >= 11 is 0. The highest BCUT2D eigenvalue weighted by atomic mass is 16.3. The second-order valence-corrected chi connectivity index (χ2v) is 6.70. The third-order valence-corrected chi connectivity index (χ3v) is 4.85. The van der Waals surface area contributed by atoms with Crippen molar-refractivity contribution in [2.24, 2.45) is 0 Å². The van der Waals surface area contributed by atoms with Crippen molar-refractivity contribution in [2.45, 2.75) is 46.1 Å². The number of rotatable bonds is 6. The summed E-state index contributed by atoms with van der Waals surface area (Å²) in [6.45, 7) is 9.26. The Hall–Kier alpha value is -1.32. The summed E-state index contributed by atoms with van der Waals surface area (Å²) in [6.07, 6.45) is 6.99. The van der Waals surface area contributed by atoms with Crippen LogP contribution in [-0.2, 0) is 13.0 Å². The van der Waals surface area contributed by atoms with E-state index in [0.717, 1.165) is 19.4 Å². The van der Waals surface area contributed by atoms with Gasteiger partial charge in [-0.05, 0) is 75.4 Å². The van der Waals surface area contributed by atoms with Crippen molar-refractivity contribution in [3.05, 3.63) is 35.0 Å². The smallest absolute Gasteiger partial charge is 0.0488 e. The lowest BCUT2D eigenvalue weighted by Crippen LogP contribution is -2.21. The van der Waals surface area contributed by atoms with Gasteiger partial charge in [0.2, 0.25) is 0 Å². The zero-order valence-corrected chi connectivity index (χ0v) is 13.9. The van der Waals surface area contributed by atoms with Crippen LogP contribution in [0.25, 0.3) is 10.9 Å². The van der Waals surface area contributed by atoms with Gasteiger partial charge in [-0.1, -0.05) is 6.07 Å². The van der Waals surface area contributed by atoms with E-state index in [2.05, 4.69) is 41.6 Å². The molecule has 1 fully saturated rings. The van der Waals surface area contributed by atoms with Gasteiger partial charge in [0, 0.05) is 36.8 Å². The maximum atomic E-state index is 9.14. The number of fused-ring (bicyclic) bond motifs is 1. The number of hydrogen-bond acceptors (Lipinski definition) is 2. The van der Waals surface area contributed by atoms with Crippen LogP contribution in [0.15, 0.2) is 18.3 Å². The number of likely N-dealkylation sites (tertiary alicyclic amines) is 1. The molecular formula is C19H28N2O. The van der Waals surface area contributed by atoms with Crippen LogP contribution in [0.1, 0.15) is 36.0 Å². The molecule has 2 aromatic rings. The monoisotopic (exact) mass is 300 g/mol. The minimum atomic E-state index is 0.258. The predicted octanol–water partition coefficient (Wildman–Crippen LogP) is 3.28. The molecular weight excluding hydrogens is 272 g/mol. The molecule has 1 saturated heterocycles. The highest BCUT2D eigenvalue weighted by Gasteiger charge is 2.15. The first-order valence-electron chi connectivity index (χ1n) is 8.61. The number of nitrogens with zero attached hydrogens (tertiary/aromatic N) is 2. The Morgan fingerprint density at radius 3 is 2.59 bits per heavy atom. The van der Waals surface area contributed by atoms with E-state index >= 15 is 0 Å². The van der Waals surface area contributed by atoms with E-state index in [4.69, 9.17) is 5.11 Å². The molecule has 1 aromatic heterocycles. The maximum absolute atomic E-state index is 9.14. The SMILES string of the molecule is Cc1cc(C)c2c(CCN3CCCC3)cn(CCCO)c2c1. The average molecular weight is 300 g/mol. The number of aliphatic hydroxyl groups is 1. The molecule has 1 N–H and O–H groups in total. The van der Waals surface area contributed by atoms with E-state index in [1.54, 1.807) is 0 Å². The van der Waals surface area contributed by atoms with Crippen LogP contribution in [0.5, 0.6) is 0 Å². The molecule has 0 atom stereocenters. The first kappa shape index (κ1) is 15.6. The van der Waals surface area contributed by atoms with Gasteiger partial charge in [0.1, 0.15) is 0 Å². The fourth-order valence-electron chi connectivity index (χ4n) is 3.81. The highest BCUT2D eigenvalue weighted by Crippen LogP contribution is 2.27. The van der Waals surface area contributed by atoms with Crippen LogP contribution in [0.2, 0.25) is 0 Å². The normalized spacial score (nSPS) is 16.0. The maximum Gasteiger partial charge on any atom is 0.0488 e.